The molecule has 0 aliphatic heterocycles. The number of hydrogen-bond acceptors (Lipinski definition) is 2. The normalized spacial score (nSPS) is 15.1. The molecule has 2 aromatic heterocycles. The van der Waals surface area contributed by atoms with E-state index in [1.54, 1.807) is 41.2 Å². The van der Waals surface area contributed by atoms with E-state index in [0.29, 0.717) is 5.56 Å². The second-order valence-corrected chi connectivity index (χ2v) is 17.7. The second-order valence-electron chi connectivity index (χ2n) is 12.6. The van der Waals surface area contributed by atoms with E-state index in [2.05, 4.69) is 61.2 Å². The molecule has 0 unspecified atom stereocenters. The molecule has 0 N–H and O–H groups in total. The third-order valence-electron chi connectivity index (χ3n) is 8.15. The van der Waals surface area contributed by atoms with E-state index in [-0.39, 0.29) is 20.1 Å². The van der Waals surface area contributed by atoms with Crippen LogP contribution in [0.3, 0.4) is 0 Å². The topological polar surface area (TPSA) is 25.8 Å². The average molecular weight is 777 g/mol. The van der Waals surface area contributed by atoms with Crippen LogP contribution in [-0.2, 0) is 20.1 Å². The Hall–Kier alpha value is -3.17. The van der Waals surface area contributed by atoms with Crippen LogP contribution in [0.15, 0.2) is 97.3 Å². The summed E-state index contributed by atoms with van der Waals surface area (Å²) in [6, 6.07) is 33.4. The molecule has 0 saturated heterocycles. The predicted molar refractivity (Wildman–Crippen MR) is 185 cm³/mol. The molecule has 0 amide bonds. The van der Waals surface area contributed by atoms with Gasteiger partial charge in [0, 0.05) is 38.0 Å². The van der Waals surface area contributed by atoms with Gasteiger partial charge in [-0.05, 0) is 64.8 Å². The molecule has 1 fully saturated rings. The maximum atomic E-state index is 8.44. The minimum absolute atomic E-state index is 0. The van der Waals surface area contributed by atoms with Crippen LogP contribution in [0.4, 0.5) is 0 Å². The third kappa shape index (κ3) is 8.30. The molecule has 4 heteroatoms. The Balaban J connectivity index is 0.000000217. The number of aromatic nitrogens is 2. The zero-order valence-corrected chi connectivity index (χ0v) is 29.8. The van der Waals surface area contributed by atoms with E-state index in [1.807, 2.05) is 56.3 Å². The zero-order chi connectivity index (χ0) is 33.8. The summed E-state index contributed by atoms with van der Waals surface area (Å²) in [6.07, 6.45) is 9.35. The quantitative estimate of drug-likeness (QED) is 0.127. The van der Waals surface area contributed by atoms with Gasteiger partial charge in [0.25, 0.3) is 0 Å². The minimum Gasteiger partial charge on any atom is -0.305 e. The van der Waals surface area contributed by atoms with Crippen LogP contribution in [0.5, 0.6) is 0 Å². The molecule has 5 aromatic rings. The van der Waals surface area contributed by atoms with Crippen molar-refractivity contribution >= 4 is 13.3 Å². The largest absolute Gasteiger partial charge is 0.305 e. The smallest absolute Gasteiger partial charge is 0.0799 e. The minimum atomic E-state index is -2.13. The Labute approximate surface area is 285 Å². The Kier molecular flexibility index (Phi) is 9.79. The molecule has 0 spiro atoms. The first kappa shape index (κ1) is 28.3. The first-order valence-electron chi connectivity index (χ1n) is 17.3. The number of rotatable bonds is 6. The maximum Gasteiger partial charge on any atom is 0.0799 e. The van der Waals surface area contributed by atoms with Crippen LogP contribution in [0, 0.1) is 19.0 Å². The van der Waals surface area contributed by atoms with E-state index in [1.165, 1.54) is 25.7 Å². The van der Waals surface area contributed by atoms with Gasteiger partial charge in [-0.25, -0.2) is 0 Å². The predicted octanol–water partition coefficient (Wildman–Crippen LogP) is 10.4. The maximum absolute atomic E-state index is 8.44. The molecule has 44 heavy (non-hydrogen) atoms. The molecule has 2 nitrogen and oxygen atoms in total. The summed E-state index contributed by atoms with van der Waals surface area (Å²) in [5, 5.41) is 1.55. The van der Waals surface area contributed by atoms with Gasteiger partial charge in [0.1, 0.15) is 0 Å². The summed E-state index contributed by atoms with van der Waals surface area (Å²) in [5.74, 6) is -0.0820. The van der Waals surface area contributed by atoms with Gasteiger partial charge in [-0.15, -0.1) is 71.8 Å². The van der Waals surface area contributed by atoms with E-state index in [9.17, 15) is 0 Å². The number of pyridine rings is 2. The first-order valence-corrected chi connectivity index (χ1v) is 18.8. The van der Waals surface area contributed by atoms with E-state index >= 15 is 0 Å². The summed E-state index contributed by atoms with van der Waals surface area (Å²) < 4.78 is 31.0. The fourth-order valence-electron chi connectivity index (χ4n) is 5.81. The van der Waals surface area contributed by atoms with Crippen molar-refractivity contribution in [2.24, 2.45) is 0 Å². The Bertz CT molecular complexity index is 1770. The molecule has 229 valence electrons. The van der Waals surface area contributed by atoms with Crippen molar-refractivity contribution in [3.63, 3.8) is 0 Å². The van der Waals surface area contributed by atoms with Crippen LogP contribution in [0.2, 0.25) is 19.6 Å². The van der Waals surface area contributed by atoms with Crippen LogP contribution in [0.1, 0.15) is 73.5 Å². The van der Waals surface area contributed by atoms with Crippen LogP contribution in [0.25, 0.3) is 33.6 Å². The molecule has 0 atom stereocenters. The fourth-order valence-corrected chi connectivity index (χ4v) is 7.41. The number of aryl methyl sites for hydroxylation is 1. The van der Waals surface area contributed by atoms with Gasteiger partial charge in [0.2, 0.25) is 0 Å². The molecular formula is C40H44IrN2Si-2. The Morgan fingerprint density at radius 2 is 1.41 bits per heavy atom. The van der Waals surface area contributed by atoms with Crippen LogP contribution in [-0.4, -0.2) is 18.0 Å². The summed E-state index contributed by atoms with van der Waals surface area (Å²) in [6.45, 7) is 8.79. The van der Waals surface area contributed by atoms with Crippen LogP contribution >= 0.6 is 0 Å². The molecule has 2 heterocycles. The van der Waals surface area contributed by atoms with Crippen molar-refractivity contribution in [3.05, 3.63) is 126 Å². The number of nitrogens with zero attached hydrogens (tertiary/aromatic N) is 2. The van der Waals surface area contributed by atoms with Crippen molar-refractivity contribution in [3.8, 4) is 33.6 Å². The van der Waals surface area contributed by atoms with Crippen molar-refractivity contribution in [1.29, 1.82) is 0 Å². The van der Waals surface area contributed by atoms with Gasteiger partial charge in [0.15, 0.2) is 0 Å². The van der Waals surface area contributed by atoms with Gasteiger partial charge in [-0.2, -0.15) is 0 Å². The van der Waals surface area contributed by atoms with Gasteiger partial charge in [-0.3, -0.25) is 0 Å². The Morgan fingerprint density at radius 1 is 0.818 bits per heavy atom. The molecule has 1 aliphatic carbocycles. The molecule has 1 aliphatic rings. The summed E-state index contributed by atoms with van der Waals surface area (Å²) in [7, 11) is -1.34. The van der Waals surface area contributed by atoms with E-state index in [0.717, 1.165) is 45.1 Å². The monoisotopic (exact) mass is 777 g/mol. The summed E-state index contributed by atoms with van der Waals surface area (Å²) in [5.41, 5.74) is 8.26. The van der Waals surface area contributed by atoms with E-state index < -0.39 is 20.8 Å². The third-order valence-corrected chi connectivity index (χ3v) is 10.2. The van der Waals surface area contributed by atoms with Gasteiger partial charge in [-0.1, -0.05) is 93.9 Å². The van der Waals surface area contributed by atoms with Crippen molar-refractivity contribution in [2.45, 2.75) is 77.8 Å². The van der Waals surface area contributed by atoms with E-state index in [4.69, 9.17) is 10.5 Å². The SMILES string of the molecule is C[Si](C)(C)c1cnc(-c2[c-]cccc2)cc1C1CCCC1.[2H]C([2H])([2H])c1ccc(-c2cc(-c3[c-]cccc3)ncc2C([2H])(C)C)cc1.[Ir]. The molecular weight excluding hydrogens is 729 g/mol. The van der Waals surface area contributed by atoms with Gasteiger partial charge in [0.05, 0.1) is 8.07 Å². The summed E-state index contributed by atoms with van der Waals surface area (Å²) in [4.78, 5) is 9.27. The van der Waals surface area contributed by atoms with Gasteiger partial charge >= 0.3 is 0 Å². The second kappa shape index (κ2) is 15.2. The molecule has 3 aromatic carbocycles. The molecule has 1 saturated carbocycles. The number of benzene rings is 3. The standard InChI is InChI=1S/C21H20N.C19H24NSi.Ir/c1-15(2)20-14-22-21(18-7-5-4-6-8-18)13-19(20)17-11-9-16(3)10-12-17;1-21(2,3)19-14-20-18(16-11-5-4-6-12-16)13-17(19)15-9-7-8-10-15;/h4-7,9-15H,1-3H3;4-6,11,13-15H,7-10H2,1-3H3;/q2*-1;/i3D3,15D;;. The zero-order valence-electron chi connectivity index (χ0n) is 30.4. The molecule has 1 radical (unpaired) electrons. The van der Waals surface area contributed by atoms with Crippen molar-refractivity contribution in [2.75, 3.05) is 0 Å². The molecule has 0 bridgehead atoms. The fraction of sp³-hybridized carbons (Fsp3) is 0.300. The first-order chi connectivity index (χ1) is 22.2. The van der Waals surface area contributed by atoms with Gasteiger partial charge < -0.3 is 9.97 Å². The average Bonchev–Trinajstić information content (AvgIpc) is 3.60. The van der Waals surface area contributed by atoms with Crippen molar-refractivity contribution in [1.82, 2.24) is 9.97 Å². The Morgan fingerprint density at radius 3 is 1.93 bits per heavy atom. The molecule has 6 rings (SSSR count). The number of hydrogen-bond donors (Lipinski definition) is 0. The van der Waals surface area contributed by atoms with Crippen molar-refractivity contribution < 1.29 is 25.6 Å². The summed E-state index contributed by atoms with van der Waals surface area (Å²) >= 11 is 0. The van der Waals surface area contributed by atoms with Crippen LogP contribution < -0.4 is 5.19 Å².